The van der Waals surface area contributed by atoms with Crippen LogP contribution in [0.1, 0.15) is 11.6 Å². The van der Waals surface area contributed by atoms with Gasteiger partial charge in [0, 0.05) is 0 Å². The monoisotopic (exact) mass is 209 g/mol. The molecule has 1 unspecified atom stereocenters. The van der Waals surface area contributed by atoms with Gasteiger partial charge < -0.3 is 19.9 Å². The van der Waals surface area contributed by atoms with E-state index in [4.69, 9.17) is 9.47 Å². The quantitative estimate of drug-likeness (QED) is 0.767. The smallest absolute Gasteiger partial charge is 0.407 e. The molecule has 1 atom stereocenters. The van der Waals surface area contributed by atoms with E-state index in [1.807, 2.05) is 0 Å². The second kappa shape index (κ2) is 3.68. The van der Waals surface area contributed by atoms with E-state index in [9.17, 15) is 9.90 Å². The molecule has 80 valence electrons. The fourth-order valence-corrected chi connectivity index (χ4v) is 1.48. The van der Waals surface area contributed by atoms with E-state index in [0.717, 1.165) is 5.56 Å². The minimum Gasteiger partial charge on any atom is -0.504 e. The summed E-state index contributed by atoms with van der Waals surface area (Å²) < 4.78 is 9.74. The summed E-state index contributed by atoms with van der Waals surface area (Å²) in [6.07, 6.45) is -0.424. The number of phenolic OH excluding ortho intramolecular Hbond substituents is 1. The largest absolute Gasteiger partial charge is 0.504 e. The van der Waals surface area contributed by atoms with Crippen molar-refractivity contribution in [2.24, 2.45) is 0 Å². The highest BCUT2D eigenvalue weighted by atomic mass is 16.6. The number of phenols is 1. The SMILES string of the molecule is COc1cc(C2COC(=O)N2)ccc1O. The minimum absolute atomic E-state index is 0.0755. The Morgan fingerprint density at radius 1 is 1.60 bits per heavy atom. The molecule has 1 aromatic rings. The average molecular weight is 209 g/mol. The van der Waals surface area contributed by atoms with E-state index in [2.05, 4.69) is 5.32 Å². The number of hydrogen-bond acceptors (Lipinski definition) is 4. The molecule has 2 N–H and O–H groups in total. The number of nitrogens with one attached hydrogen (secondary N) is 1. The molecule has 0 aliphatic carbocycles. The summed E-state index contributed by atoms with van der Waals surface area (Å²) in [6, 6.07) is 4.75. The first-order valence-corrected chi connectivity index (χ1v) is 4.51. The van der Waals surface area contributed by atoms with Crippen molar-refractivity contribution in [1.29, 1.82) is 0 Å². The highest BCUT2D eigenvalue weighted by molar-refractivity contribution is 5.70. The Labute approximate surface area is 86.6 Å². The molecule has 1 heterocycles. The first kappa shape index (κ1) is 9.64. The van der Waals surface area contributed by atoms with Gasteiger partial charge in [0.1, 0.15) is 6.61 Å². The maximum absolute atomic E-state index is 10.8. The third kappa shape index (κ3) is 1.81. The number of carbonyl (C=O) groups is 1. The van der Waals surface area contributed by atoms with Crippen LogP contribution in [0.4, 0.5) is 4.79 Å². The molecule has 1 aliphatic rings. The van der Waals surface area contributed by atoms with Crippen LogP contribution in [0.3, 0.4) is 0 Å². The third-order valence-electron chi connectivity index (χ3n) is 2.28. The number of cyclic esters (lactones) is 1. The van der Waals surface area contributed by atoms with Crippen molar-refractivity contribution in [2.75, 3.05) is 13.7 Å². The molecule has 0 radical (unpaired) electrons. The zero-order valence-corrected chi connectivity index (χ0v) is 8.19. The second-order valence-corrected chi connectivity index (χ2v) is 3.23. The minimum atomic E-state index is -0.424. The van der Waals surface area contributed by atoms with E-state index < -0.39 is 6.09 Å². The molecule has 0 saturated carbocycles. The molecule has 5 nitrogen and oxygen atoms in total. The number of amides is 1. The zero-order chi connectivity index (χ0) is 10.8. The Bertz CT molecular complexity index is 391. The van der Waals surface area contributed by atoms with Crippen molar-refractivity contribution in [1.82, 2.24) is 5.32 Å². The zero-order valence-electron chi connectivity index (χ0n) is 8.19. The third-order valence-corrected chi connectivity index (χ3v) is 2.28. The van der Waals surface area contributed by atoms with E-state index in [-0.39, 0.29) is 11.8 Å². The highest BCUT2D eigenvalue weighted by Crippen LogP contribution is 2.29. The van der Waals surface area contributed by atoms with Crippen LogP contribution in [0.5, 0.6) is 11.5 Å². The van der Waals surface area contributed by atoms with Crippen LogP contribution >= 0.6 is 0 Å². The lowest BCUT2D eigenvalue weighted by Crippen LogP contribution is -2.18. The molecular weight excluding hydrogens is 198 g/mol. The van der Waals surface area contributed by atoms with Gasteiger partial charge in [-0.3, -0.25) is 0 Å². The number of rotatable bonds is 2. The van der Waals surface area contributed by atoms with Crippen LogP contribution in [0, 0.1) is 0 Å². The lowest BCUT2D eigenvalue weighted by Gasteiger charge is -2.10. The summed E-state index contributed by atoms with van der Waals surface area (Å²) in [5.74, 6) is 0.458. The molecule has 0 bridgehead atoms. The molecule has 1 amide bonds. The summed E-state index contributed by atoms with van der Waals surface area (Å²) in [6.45, 7) is 0.298. The van der Waals surface area contributed by atoms with E-state index in [0.29, 0.717) is 12.4 Å². The molecule has 5 heteroatoms. The van der Waals surface area contributed by atoms with Crippen LogP contribution in [-0.2, 0) is 4.74 Å². The summed E-state index contributed by atoms with van der Waals surface area (Å²) in [5, 5.41) is 12.0. The van der Waals surface area contributed by atoms with Gasteiger partial charge in [-0.25, -0.2) is 4.79 Å². The van der Waals surface area contributed by atoms with Crippen molar-refractivity contribution in [2.45, 2.75) is 6.04 Å². The number of aromatic hydroxyl groups is 1. The molecule has 1 fully saturated rings. The number of methoxy groups -OCH3 is 1. The van der Waals surface area contributed by atoms with E-state index in [1.54, 1.807) is 12.1 Å². The molecule has 1 aliphatic heterocycles. The van der Waals surface area contributed by atoms with Gasteiger partial charge in [-0.2, -0.15) is 0 Å². The van der Waals surface area contributed by atoms with E-state index in [1.165, 1.54) is 13.2 Å². The van der Waals surface area contributed by atoms with Gasteiger partial charge in [0.05, 0.1) is 13.2 Å². The van der Waals surface area contributed by atoms with Crippen molar-refractivity contribution < 1.29 is 19.4 Å². The Morgan fingerprint density at radius 2 is 2.40 bits per heavy atom. The van der Waals surface area contributed by atoms with Crippen molar-refractivity contribution in [3.05, 3.63) is 23.8 Å². The number of carbonyl (C=O) groups excluding carboxylic acids is 1. The normalized spacial score (nSPS) is 19.5. The molecule has 1 aromatic carbocycles. The predicted molar refractivity (Wildman–Crippen MR) is 51.9 cm³/mol. The molecule has 0 spiro atoms. The molecule has 1 saturated heterocycles. The summed E-state index contributed by atoms with van der Waals surface area (Å²) >= 11 is 0. The lowest BCUT2D eigenvalue weighted by molar-refractivity contribution is 0.177. The number of hydrogen-bond donors (Lipinski definition) is 2. The average Bonchev–Trinajstić information content (AvgIpc) is 2.66. The van der Waals surface area contributed by atoms with Crippen molar-refractivity contribution in [3.8, 4) is 11.5 Å². The first-order valence-electron chi connectivity index (χ1n) is 4.51. The highest BCUT2D eigenvalue weighted by Gasteiger charge is 2.24. The van der Waals surface area contributed by atoms with Gasteiger partial charge in [0.2, 0.25) is 0 Å². The molecule has 15 heavy (non-hydrogen) atoms. The lowest BCUT2D eigenvalue weighted by atomic mass is 10.1. The van der Waals surface area contributed by atoms with Gasteiger partial charge in [-0.15, -0.1) is 0 Å². The van der Waals surface area contributed by atoms with Crippen molar-refractivity contribution in [3.63, 3.8) is 0 Å². The summed E-state index contributed by atoms with van der Waals surface area (Å²) in [5.41, 5.74) is 0.843. The Balaban J connectivity index is 2.25. The Kier molecular flexibility index (Phi) is 2.37. The van der Waals surface area contributed by atoms with Crippen LogP contribution in [0.25, 0.3) is 0 Å². The van der Waals surface area contributed by atoms with Crippen LogP contribution in [-0.4, -0.2) is 24.9 Å². The van der Waals surface area contributed by atoms with Gasteiger partial charge in [0.15, 0.2) is 11.5 Å². The Morgan fingerprint density at radius 3 is 3.00 bits per heavy atom. The van der Waals surface area contributed by atoms with Crippen LogP contribution in [0.2, 0.25) is 0 Å². The van der Waals surface area contributed by atoms with Crippen LogP contribution in [0.15, 0.2) is 18.2 Å². The van der Waals surface area contributed by atoms with Crippen molar-refractivity contribution >= 4 is 6.09 Å². The maximum atomic E-state index is 10.8. The van der Waals surface area contributed by atoms with Gasteiger partial charge in [-0.05, 0) is 17.7 Å². The summed E-state index contributed by atoms with van der Waals surface area (Å²) in [4.78, 5) is 10.8. The fraction of sp³-hybridized carbons (Fsp3) is 0.300. The molecule has 0 aromatic heterocycles. The standard InChI is InChI=1S/C10H11NO4/c1-14-9-4-6(2-3-8(9)12)7-5-15-10(13)11-7/h2-4,7,12H,5H2,1H3,(H,11,13). The van der Waals surface area contributed by atoms with Gasteiger partial charge >= 0.3 is 6.09 Å². The molecule has 2 rings (SSSR count). The maximum Gasteiger partial charge on any atom is 0.407 e. The van der Waals surface area contributed by atoms with Gasteiger partial charge in [-0.1, -0.05) is 6.07 Å². The van der Waals surface area contributed by atoms with E-state index >= 15 is 0 Å². The summed E-state index contributed by atoms with van der Waals surface area (Å²) in [7, 11) is 1.47. The first-order chi connectivity index (χ1) is 7.20. The van der Waals surface area contributed by atoms with Crippen LogP contribution < -0.4 is 10.1 Å². The van der Waals surface area contributed by atoms with Gasteiger partial charge in [0.25, 0.3) is 0 Å². The fourth-order valence-electron chi connectivity index (χ4n) is 1.48. The number of alkyl carbamates (subject to hydrolysis) is 1. The Hall–Kier alpha value is -1.91. The topological polar surface area (TPSA) is 67.8 Å². The molecular formula is C10H11NO4. The second-order valence-electron chi connectivity index (χ2n) is 3.23. The number of ether oxygens (including phenoxy) is 2. The predicted octanol–water partition coefficient (Wildman–Crippen LogP) is 1.18. The number of benzene rings is 1.